The molecule has 142 valence electrons. The Morgan fingerprint density at radius 2 is 1.78 bits per heavy atom. The lowest BCUT2D eigenvalue weighted by atomic mass is 10.0. The molecule has 1 fully saturated rings. The summed E-state index contributed by atoms with van der Waals surface area (Å²) in [6, 6.07) is 11.3. The van der Waals surface area contributed by atoms with Crippen molar-refractivity contribution in [2.24, 2.45) is 5.92 Å². The largest absolute Gasteiger partial charge is 0.351 e. The van der Waals surface area contributed by atoms with Crippen molar-refractivity contribution in [2.45, 2.75) is 32.7 Å². The van der Waals surface area contributed by atoms with Crippen LogP contribution in [0.25, 0.3) is 0 Å². The minimum absolute atomic E-state index is 0.0809. The van der Waals surface area contributed by atoms with Gasteiger partial charge in [0.05, 0.1) is 5.92 Å². The lowest BCUT2D eigenvalue weighted by Crippen LogP contribution is -2.33. The van der Waals surface area contributed by atoms with E-state index in [0.717, 1.165) is 17.8 Å². The van der Waals surface area contributed by atoms with E-state index >= 15 is 0 Å². The van der Waals surface area contributed by atoms with Crippen molar-refractivity contribution in [3.05, 3.63) is 65.2 Å². The molecule has 2 aromatic carbocycles. The first-order valence-electron chi connectivity index (χ1n) is 8.97. The number of nitrogens with zero attached hydrogens (tertiary/aromatic N) is 1. The molecule has 3 rings (SSSR count). The van der Waals surface area contributed by atoms with E-state index < -0.39 is 17.6 Å². The summed E-state index contributed by atoms with van der Waals surface area (Å²) in [5.41, 5.74) is 1.74. The second kappa shape index (κ2) is 7.86. The van der Waals surface area contributed by atoms with Gasteiger partial charge in [-0.05, 0) is 35.7 Å². The molecule has 0 saturated carbocycles. The number of hydrogen-bond acceptors (Lipinski definition) is 2. The van der Waals surface area contributed by atoms with E-state index in [1.807, 2.05) is 24.3 Å². The zero-order valence-electron chi connectivity index (χ0n) is 15.3. The average molecular weight is 372 g/mol. The van der Waals surface area contributed by atoms with Gasteiger partial charge >= 0.3 is 0 Å². The normalized spacial score (nSPS) is 16.9. The SMILES string of the molecule is CC(C)c1ccc(N2CC(C(=O)NCc3c(F)cccc3F)CC2=O)cc1. The molecule has 4 nitrogen and oxygen atoms in total. The summed E-state index contributed by atoms with van der Waals surface area (Å²) in [5.74, 6) is -2.08. The molecule has 1 aliphatic rings. The number of benzene rings is 2. The predicted octanol–water partition coefficient (Wildman–Crippen LogP) is 3.76. The lowest BCUT2D eigenvalue weighted by molar-refractivity contribution is -0.126. The van der Waals surface area contributed by atoms with Crippen molar-refractivity contribution in [1.29, 1.82) is 0 Å². The van der Waals surface area contributed by atoms with Crippen molar-refractivity contribution in [3.63, 3.8) is 0 Å². The molecule has 1 aliphatic heterocycles. The number of carbonyl (C=O) groups excluding carboxylic acids is 2. The van der Waals surface area contributed by atoms with Crippen LogP contribution in [0.1, 0.15) is 37.3 Å². The van der Waals surface area contributed by atoms with Gasteiger partial charge < -0.3 is 10.2 Å². The van der Waals surface area contributed by atoms with E-state index in [9.17, 15) is 18.4 Å². The molecule has 2 aromatic rings. The van der Waals surface area contributed by atoms with Gasteiger partial charge in [-0.1, -0.05) is 32.0 Å². The third-order valence-corrected chi connectivity index (χ3v) is 4.87. The number of nitrogens with one attached hydrogen (secondary N) is 1. The average Bonchev–Trinajstić information content (AvgIpc) is 3.03. The third-order valence-electron chi connectivity index (χ3n) is 4.87. The Morgan fingerprint density at radius 1 is 1.15 bits per heavy atom. The molecule has 0 bridgehead atoms. The molecule has 0 aromatic heterocycles. The Kier molecular flexibility index (Phi) is 5.54. The highest BCUT2D eigenvalue weighted by Crippen LogP contribution is 2.27. The van der Waals surface area contributed by atoms with Crippen LogP contribution in [-0.2, 0) is 16.1 Å². The van der Waals surface area contributed by atoms with E-state index in [4.69, 9.17) is 0 Å². The second-order valence-corrected chi connectivity index (χ2v) is 7.07. The first kappa shape index (κ1) is 19.0. The molecule has 0 spiro atoms. The molecule has 0 radical (unpaired) electrons. The molecule has 6 heteroatoms. The van der Waals surface area contributed by atoms with Crippen LogP contribution in [0.3, 0.4) is 0 Å². The standard InChI is InChI=1S/C21H22F2N2O2/c1-13(2)14-6-8-16(9-7-14)25-12-15(10-20(25)26)21(27)24-11-17-18(22)4-3-5-19(17)23/h3-9,13,15H,10-12H2,1-2H3,(H,24,27). The maximum Gasteiger partial charge on any atom is 0.227 e. The van der Waals surface area contributed by atoms with E-state index in [0.29, 0.717) is 5.92 Å². The zero-order chi connectivity index (χ0) is 19.6. The zero-order valence-corrected chi connectivity index (χ0v) is 15.3. The van der Waals surface area contributed by atoms with Crippen molar-refractivity contribution in [2.75, 3.05) is 11.4 Å². The Hall–Kier alpha value is -2.76. The smallest absolute Gasteiger partial charge is 0.227 e. The van der Waals surface area contributed by atoms with Crippen molar-refractivity contribution >= 4 is 17.5 Å². The fraction of sp³-hybridized carbons (Fsp3) is 0.333. The Labute approximate surface area is 157 Å². The molecule has 1 saturated heterocycles. The number of amides is 2. The minimum atomic E-state index is -0.704. The summed E-state index contributed by atoms with van der Waals surface area (Å²) in [6.07, 6.45) is 0.0809. The molecule has 27 heavy (non-hydrogen) atoms. The maximum absolute atomic E-state index is 13.7. The number of rotatable bonds is 5. The summed E-state index contributed by atoms with van der Waals surface area (Å²) >= 11 is 0. The maximum atomic E-state index is 13.7. The highest BCUT2D eigenvalue weighted by molar-refractivity contribution is 6.00. The van der Waals surface area contributed by atoms with Crippen molar-refractivity contribution in [3.8, 4) is 0 Å². The van der Waals surface area contributed by atoms with Crippen LogP contribution >= 0.6 is 0 Å². The summed E-state index contributed by atoms with van der Waals surface area (Å²) in [6.45, 7) is 4.19. The van der Waals surface area contributed by atoms with E-state index in [1.54, 1.807) is 4.90 Å². The molecule has 1 unspecified atom stereocenters. The molecular weight excluding hydrogens is 350 g/mol. The van der Waals surface area contributed by atoms with Gasteiger partial charge in [-0.25, -0.2) is 8.78 Å². The van der Waals surface area contributed by atoms with Crippen LogP contribution in [0.5, 0.6) is 0 Å². The monoisotopic (exact) mass is 372 g/mol. The summed E-state index contributed by atoms with van der Waals surface area (Å²) in [5, 5.41) is 2.54. The number of halogens is 2. The van der Waals surface area contributed by atoms with Crippen LogP contribution in [0.15, 0.2) is 42.5 Å². The third kappa shape index (κ3) is 4.15. The Bertz CT molecular complexity index is 830. The van der Waals surface area contributed by atoms with Gasteiger partial charge in [-0.3, -0.25) is 9.59 Å². The van der Waals surface area contributed by atoms with Gasteiger partial charge in [0.15, 0.2) is 0 Å². The first-order chi connectivity index (χ1) is 12.9. The van der Waals surface area contributed by atoms with Crippen molar-refractivity contribution in [1.82, 2.24) is 5.32 Å². The molecule has 1 N–H and O–H groups in total. The number of anilines is 1. The lowest BCUT2D eigenvalue weighted by Gasteiger charge is -2.18. The van der Waals surface area contributed by atoms with Crippen molar-refractivity contribution < 1.29 is 18.4 Å². The summed E-state index contributed by atoms with van der Waals surface area (Å²) in [7, 11) is 0. The Balaban J connectivity index is 1.63. The van der Waals surface area contributed by atoms with Crippen LogP contribution in [0.4, 0.5) is 14.5 Å². The number of hydrogen-bond donors (Lipinski definition) is 1. The van der Waals surface area contributed by atoms with Gasteiger partial charge in [0, 0.05) is 30.8 Å². The number of carbonyl (C=O) groups is 2. The topological polar surface area (TPSA) is 49.4 Å². The van der Waals surface area contributed by atoms with Crippen LogP contribution in [0, 0.1) is 17.6 Å². The quantitative estimate of drug-likeness (QED) is 0.869. The highest BCUT2D eigenvalue weighted by atomic mass is 19.1. The predicted molar refractivity (Wildman–Crippen MR) is 99.2 cm³/mol. The fourth-order valence-corrected chi connectivity index (χ4v) is 3.19. The molecular formula is C21H22F2N2O2. The van der Waals surface area contributed by atoms with Gasteiger partial charge in [0.1, 0.15) is 11.6 Å². The molecule has 2 amide bonds. The molecule has 0 aliphatic carbocycles. The Morgan fingerprint density at radius 3 is 2.37 bits per heavy atom. The molecule has 1 heterocycles. The van der Waals surface area contributed by atoms with Gasteiger partial charge in [0.2, 0.25) is 11.8 Å². The minimum Gasteiger partial charge on any atom is -0.351 e. The van der Waals surface area contributed by atoms with E-state index in [-0.39, 0.29) is 36.9 Å². The molecule has 1 atom stereocenters. The first-order valence-corrected chi connectivity index (χ1v) is 8.97. The van der Waals surface area contributed by atoms with E-state index in [1.165, 1.54) is 11.6 Å². The highest BCUT2D eigenvalue weighted by Gasteiger charge is 2.35. The summed E-state index contributed by atoms with van der Waals surface area (Å²) < 4.78 is 27.3. The summed E-state index contributed by atoms with van der Waals surface area (Å²) in [4.78, 5) is 26.3. The second-order valence-electron chi connectivity index (χ2n) is 7.07. The van der Waals surface area contributed by atoms with Crippen LogP contribution in [0.2, 0.25) is 0 Å². The van der Waals surface area contributed by atoms with Crippen LogP contribution < -0.4 is 10.2 Å². The van der Waals surface area contributed by atoms with Gasteiger partial charge in [-0.15, -0.1) is 0 Å². The van der Waals surface area contributed by atoms with Gasteiger partial charge in [0.25, 0.3) is 0 Å². The fourth-order valence-electron chi connectivity index (χ4n) is 3.19. The van der Waals surface area contributed by atoms with E-state index in [2.05, 4.69) is 19.2 Å². The van der Waals surface area contributed by atoms with Crippen LogP contribution in [-0.4, -0.2) is 18.4 Å². The van der Waals surface area contributed by atoms with Gasteiger partial charge in [-0.2, -0.15) is 0 Å².